The second kappa shape index (κ2) is 16.6. The molecule has 6 unspecified atom stereocenters. The fourth-order valence-corrected chi connectivity index (χ4v) is 5.91. The van der Waals surface area contributed by atoms with Crippen molar-refractivity contribution in [2.45, 2.75) is 117 Å². The average Bonchev–Trinajstić information content (AvgIpc) is 2.98. The number of hydrogen-bond donors (Lipinski definition) is 13. The van der Waals surface area contributed by atoms with Crippen molar-refractivity contribution in [3.8, 4) is 0 Å². The van der Waals surface area contributed by atoms with Gasteiger partial charge in [0.25, 0.3) is 5.91 Å². The number of likely N-dealkylation sites (N-methyl/N-ethyl adjacent to an activating group) is 1. The smallest absolute Gasteiger partial charge is 0.251 e. The molecule has 3 fully saturated rings. The first-order valence-electron chi connectivity index (χ1n) is 15.0. The van der Waals surface area contributed by atoms with E-state index in [2.05, 4.69) is 16.0 Å². The summed E-state index contributed by atoms with van der Waals surface area (Å²) in [7, 11) is 1.55. The fraction of sp³-hybridized carbons (Fsp3) is 0.962. The molecule has 3 aliphatic rings. The zero-order valence-corrected chi connectivity index (χ0v) is 25.3. The number of nitrogens with two attached hydrogens (primary N) is 4. The van der Waals surface area contributed by atoms with Crippen LogP contribution in [0.2, 0.25) is 0 Å². The van der Waals surface area contributed by atoms with Gasteiger partial charge in [-0.25, -0.2) is 0 Å². The van der Waals surface area contributed by atoms with Gasteiger partial charge in [-0.15, -0.1) is 0 Å². The van der Waals surface area contributed by atoms with Gasteiger partial charge in [-0.05, 0) is 33.2 Å². The van der Waals surface area contributed by atoms with Gasteiger partial charge in [-0.1, -0.05) is 0 Å². The first kappa shape index (κ1) is 37.3. The maximum Gasteiger partial charge on any atom is 0.251 e. The lowest BCUT2D eigenvalue weighted by molar-refractivity contribution is -0.307. The second-order valence-corrected chi connectivity index (χ2v) is 12.1. The summed E-state index contributed by atoms with van der Waals surface area (Å²) in [4.78, 5) is 12.9. The molecule has 0 bridgehead atoms. The van der Waals surface area contributed by atoms with Crippen LogP contribution in [0.3, 0.4) is 0 Å². The van der Waals surface area contributed by atoms with Crippen LogP contribution in [0.1, 0.15) is 26.2 Å². The first-order chi connectivity index (χ1) is 20.7. The third-order valence-corrected chi connectivity index (χ3v) is 8.53. The molecular weight excluding hydrogens is 586 g/mol. The normalized spacial score (nSPS) is 42.0. The molecule has 0 aromatic rings. The number of ether oxygens (including phenoxy) is 4. The van der Waals surface area contributed by atoms with Gasteiger partial charge in [-0.2, -0.15) is 0 Å². The van der Waals surface area contributed by atoms with Crippen LogP contribution in [0.15, 0.2) is 0 Å². The first-order valence-corrected chi connectivity index (χ1v) is 15.0. The number of carbonyl (C=O) groups excluding carboxylic acids is 1. The predicted octanol–water partition coefficient (Wildman–Crippen LogP) is -7.19. The topological polar surface area (TPSA) is 316 Å². The van der Waals surface area contributed by atoms with Crippen molar-refractivity contribution in [3.63, 3.8) is 0 Å². The fourth-order valence-electron chi connectivity index (χ4n) is 5.91. The van der Waals surface area contributed by atoms with Crippen molar-refractivity contribution in [2.24, 2.45) is 22.9 Å². The third kappa shape index (κ3) is 9.00. The van der Waals surface area contributed by atoms with Gasteiger partial charge in [0, 0.05) is 31.7 Å². The van der Waals surface area contributed by atoms with Gasteiger partial charge < -0.3 is 88.5 Å². The largest absolute Gasteiger partial charge is 0.395 e. The Hall–Kier alpha value is -1.17. The summed E-state index contributed by atoms with van der Waals surface area (Å²) in [5.74, 6) is -1.02. The van der Waals surface area contributed by atoms with Crippen molar-refractivity contribution in [2.75, 3.05) is 39.9 Å². The van der Waals surface area contributed by atoms with E-state index in [1.165, 1.54) is 6.92 Å². The zero-order chi connectivity index (χ0) is 32.8. The predicted molar refractivity (Wildman–Crippen MR) is 154 cm³/mol. The lowest BCUT2D eigenvalue weighted by Crippen LogP contribution is -2.70. The molecule has 1 saturated carbocycles. The molecule has 1 aliphatic carbocycles. The molecule has 0 spiro atoms. The van der Waals surface area contributed by atoms with E-state index >= 15 is 0 Å². The highest BCUT2D eigenvalue weighted by Crippen LogP contribution is 2.32. The number of amides is 1. The molecular formula is C26H53N7O11. The average molecular weight is 640 g/mol. The van der Waals surface area contributed by atoms with Crippen LogP contribution in [0.5, 0.6) is 0 Å². The SMILES string of the molecule is CN[C@@H]1C(O)[C@@H](OC2C(O)C(O[C@H]3O[C@H](CNCCO)CCC3N)[C@@H](N)C[C@H]2NC(=O)[C@@H](O)[C@@H](O)[C@@H](N)CN)OCC1(C)O. The molecule has 15 atom stereocenters. The van der Waals surface area contributed by atoms with Gasteiger partial charge in [0.1, 0.15) is 36.1 Å². The molecule has 44 heavy (non-hydrogen) atoms. The third-order valence-electron chi connectivity index (χ3n) is 8.53. The highest BCUT2D eigenvalue weighted by Gasteiger charge is 2.52. The Kier molecular flexibility index (Phi) is 14.1. The van der Waals surface area contributed by atoms with E-state index in [1.54, 1.807) is 7.05 Å². The van der Waals surface area contributed by atoms with Crippen molar-refractivity contribution in [3.05, 3.63) is 0 Å². The molecule has 17 N–H and O–H groups in total. The van der Waals surface area contributed by atoms with E-state index in [0.29, 0.717) is 25.9 Å². The van der Waals surface area contributed by atoms with Crippen molar-refractivity contribution < 1.29 is 54.4 Å². The van der Waals surface area contributed by atoms with Crippen molar-refractivity contribution in [1.29, 1.82) is 0 Å². The lowest BCUT2D eigenvalue weighted by Gasteiger charge is -2.49. The molecule has 1 amide bonds. The van der Waals surface area contributed by atoms with Crippen molar-refractivity contribution >= 4 is 5.91 Å². The van der Waals surface area contributed by atoms with Crippen LogP contribution in [-0.2, 0) is 23.7 Å². The van der Waals surface area contributed by atoms with E-state index in [-0.39, 0.29) is 32.3 Å². The molecule has 258 valence electrons. The highest BCUT2D eigenvalue weighted by atomic mass is 16.7. The van der Waals surface area contributed by atoms with Crippen LogP contribution in [0.4, 0.5) is 0 Å². The monoisotopic (exact) mass is 639 g/mol. The van der Waals surface area contributed by atoms with Crippen LogP contribution >= 0.6 is 0 Å². The summed E-state index contributed by atoms with van der Waals surface area (Å²) < 4.78 is 23.9. The molecule has 0 aromatic heterocycles. The van der Waals surface area contributed by atoms with E-state index in [1.807, 2.05) is 0 Å². The number of aliphatic hydroxyl groups excluding tert-OH is 5. The number of carbonyl (C=O) groups is 1. The van der Waals surface area contributed by atoms with Crippen LogP contribution in [0.25, 0.3) is 0 Å². The molecule has 18 nitrogen and oxygen atoms in total. The number of nitrogens with one attached hydrogen (secondary N) is 3. The van der Waals surface area contributed by atoms with Crippen LogP contribution < -0.4 is 38.9 Å². The van der Waals surface area contributed by atoms with Crippen LogP contribution in [0, 0.1) is 0 Å². The number of aliphatic hydroxyl groups is 6. The lowest BCUT2D eigenvalue weighted by atomic mass is 9.83. The number of rotatable bonds is 14. The standard InChI is InChI=1S/C26H53N7O11/c1-26(40)10-41-25(19(38)22(26)31-2)44-21-15(33-23(39)17(36)16(35)14(30)8-27)7-13(29)20(18(21)37)43-24-12(28)4-3-11(42-24)9-32-5-6-34/h11-22,24-25,31-32,34-38,40H,3-10,27-30H2,1-2H3,(H,33,39)/t11-,12?,13-,14-,15+,16-,17-,18?,19?,20?,21?,22+,24+,25+,26?/m0/s1. The Labute approximate surface area is 256 Å². The van der Waals surface area contributed by atoms with E-state index in [0.717, 1.165) is 0 Å². The highest BCUT2D eigenvalue weighted by molar-refractivity contribution is 5.81. The molecule has 0 aromatic carbocycles. The minimum absolute atomic E-state index is 0.0315. The molecule has 3 rings (SSSR count). The Morgan fingerprint density at radius 3 is 2.41 bits per heavy atom. The quantitative estimate of drug-likeness (QED) is 0.0785. The molecule has 2 aliphatic heterocycles. The Morgan fingerprint density at radius 1 is 1.09 bits per heavy atom. The minimum Gasteiger partial charge on any atom is -0.395 e. The van der Waals surface area contributed by atoms with E-state index < -0.39 is 90.9 Å². The molecule has 2 saturated heterocycles. The summed E-state index contributed by atoms with van der Waals surface area (Å²) >= 11 is 0. The Morgan fingerprint density at radius 2 is 1.77 bits per heavy atom. The minimum atomic E-state index is -1.96. The van der Waals surface area contributed by atoms with Gasteiger partial charge in [0.15, 0.2) is 18.7 Å². The maximum absolute atomic E-state index is 12.9. The summed E-state index contributed by atoms with van der Waals surface area (Å²) in [6.45, 7) is 1.86. The molecule has 2 heterocycles. The second-order valence-electron chi connectivity index (χ2n) is 12.1. The summed E-state index contributed by atoms with van der Waals surface area (Å²) in [6, 6.07) is -4.45. The Balaban J connectivity index is 1.81. The molecule has 18 heteroatoms. The maximum atomic E-state index is 12.9. The summed E-state index contributed by atoms with van der Waals surface area (Å²) in [5, 5.41) is 71.3. The molecule has 0 radical (unpaired) electrons. The van der Waals surface area contributed by atoms with Crippen molar-refractivity contribution in [1.82, 2.24) is 16.0 Å². The van der Waals surface area contributed by atoms with Crippen LogP contribution in [-0.4, -0.2) is 168 Å². The van der Waals surface area contributed by atoms with Gasteiger partial charge in [0.05, 0.1) is 37.4 Å². The van der Waals surface area contributed by atoms with Gasteiger partial charge >= 0.3 is 0 Å². The zero-order valence-electron chi connectivity index (χ0n) is 25.3. The Bertz CT molecular complexity index is 895. The number of hydrogen-bond acceptors (Lipinski definition) is 17. The van der Waals surface area contributed by atoms with Gasteiger partial charge in [0.2, 0.25) is 0 Å². The van der Waals surface area contributed by atoms with Gasteiger partial charge in [-0.3, -0.25) is 4.79 Å². The van der Waals surface area contributed by atoms with E-state index in [4.69, 9.17) is 47.0 Å². The summed E-state index contributed by atoms with van der Waals surface area (Å²) in [6.07, 6.45) is -10.4. The van der Waals surface area contributed by atoms with E-state index in [9.17, 15) is 30.3 Å². The summed E-state index contributed by atoms with van der Waals surface area (Å²) in [5.41, 5.74) is 22.4.